The molecule has 178 valence electrons. The van der Waals surface area contributed by atoms with Crippen LogP contribution in [-0.2, 0) is 19.5 Å². The lowest BCUT2D eigenvalue weighted by Crippen LogP contribution is -2.26. The number of unbranched alkanes of at least 4 members (excludes halogenated alkanes) is 1. The van der Waals surface area contributed by atoms with Crippen molar-refractivity contribution in [1.82, 2.24) is 34.7 Å². The predicted octanol–water partition coefficient (Wildman–Crippen LogP) is 4.64. The molecule has 0 radical (unpaired) electrons. The number of H-pyrrole nitrogens is 1. The van der Waals surface area contributed by atoms with E-state index in [2.05, 4.69) is 77.6 Å². The summed E-state index contributed by atoms with van der Waals surface area (Å²) in [5.74, 6) is 1.07. The van der Waals surface area contributed by atoms with Gasteiger partial charge in [-0.25, -0.2) is 4.79 Å². The van der Waals surface area contributed by atoms with Crippen LogP contribution in [-0.4, -0.2) is 34.7 Å². The molecule has 34 heavy (non-hydrogen) atoms. The van der Waals surface area contributed by atoms with Gasteiger partial charge in [0, 0.05) is 35.9 Å². The van der Waals surface area contributed by atoms with Crippen molar-refractivity contribution >= 4 is 0 Å². The summed E-state index contributed by atoms with van der Waals surface area (Å²) >= 11 is 0. The average molecular weight is 460 g/mol. The molecule has 0 bridgehead atoms. The van der Waals surface area contributed by atoms with Gasteiger partial charge in [-0.15, -0.1) is 10.2 Å². The summed E-state index contributed by atoms with van der Waals surface area (Å²) in [4.78, 5) is 17.6. The fourth-order valence-electron chi connectivity index (χ4n) is 4.30. The number of pyridine rings is 1. The Morgan fingerprint density at radius 1 is 1.06 bits per heavy atom. The van der Waals surface area contributed by atoms with Crippen molar-refractivity contribution in [3.63, 3.8) is 0 Å². The van der Waals surface area contributed by atoms with Crippen molar-refractivity contribution in [3.05, 3.63) is 70.2 Å². The third-order valence-electron chi connectivity index (χ3n) is 6.32. The first-order valence-corrected chi connectivity index (χ1v) is 12.1. The van der Waals surface area contributed by atoms with Gasteiger partial charge in [-0.05, 0) is 60.1 Å². The molecule has 0 saturated heterocycles. The first-order valence-electron chi connectivity index (χ1n) is 12.1. The van der Waals surface area contributed by atoms with Gasteiger partial charge in [-0.3, -0.25) is 14.1 Å². The first kappa shape index (κ1) is 23.6. The van der Waals surface area contributed by atoms with Crippen molar-refractivity contribution in [2.24, 2.45) is 5.92 Å². The van der Waals surface area contributed by atoms with Gasteiger partial charge in [-0.1, -0.05) is 51.5 Å². The number of hydrogen-bond acceptors (Lipinski definition) is 5. The van der Waals surface area contributed by atoms with Crippen molar-refractivity contribution in [2.75, 3.05) is 0 Å². The topological polar surface area (TPSA) is 94.3 Å². The van der Waals surface area contributed by atoms with Gasteiger partial charge in [0.2, 0.25) is 5.82 Å². The Morgan fingerprint density at radius 3 is 2.53 bits per heavy atom. The Kier molecular flexibility index (Phi) is 7.35. The molecule has 8 nitrogen and oxygen atoms in total. The molecule has 0 atom stereocenters. The number of nitrogens with zero attached hydrogens (tertiary/aromatic N) is 6. The van der Waals surface area contributed by atoms with E-state index < -0.39 is 0 Å². The Bertz CT molecular complexity index is 1270. The zero-order chi connectivity index (χ0) is 24.1. The van der Waals surface area contributed by atoms with Gasteiger partial charge >= 0.3 is 5.69 Å². The number of aromatic nitrogens is 7. The van der Waals surface area contributed by atoms with E-state index in [4.69, 9.17) is 0 Å². The quantitative estimate of drug-likeness (QED) is 0.373. The number of benzene rings is 1. The minimum absolute atomic E-state index is 0.0989. The van der Waals surface area contributed by atoms with E-state index in [0.29, 0.717) is 18.3 Å². The monoisotopic (exact) mass is 459 g/mol. The maximum Gasteiger partial charge on any atom is 0.328 e. The maximum absolute atomic E-state index is 13.4. The minimum Gasteiger partial charge on any atom is -0.296 e. The highest BCUT2D eigenvalue weighted by atomic mass is 16.1. The lowest BCUT2D eigenvalue weighted by atomic mass is 10.00. The molecule has 0 saturated carbocycles. The summed E-state index contributed by atoms with van der Waals surface area (Å²) in [5.41, 5.74) is 6.31. The van der Waals surface area contributed by atoms with Crippen LogP contribution in [0.3, 0.4) is 0 Å². The molecule has 0 aliphatic rings. The highest BCUT2D eigenvalue weighted by Crippen LogP contribution is 2.29. The van der Waals surface area contributed by atoms with Crippen LogP contribution >= 0.6 is 0 Å². The van der Waals surface area contributed by atoms with E-state index in [1.165, 1.54) is 0 Å². The lowest BCUT2D eigenvalue weighted by Gasteiger charge is -2.10. The second kappa shape index (κ2) is 10.6. The van der Waals surface area contributed by atoms with Gasteiger partial charge in [0.15, 0.2) is 0 Å². The summed E-state index contributed by atoms with van der Waals surface area (Å²) < 4.78 is 3.94. The fraction of sp³-hybridized carbons (Fsp3) is 0.423. The van der Waals surface area contributed by atoms with Crippen molar-refractivity contribution in [2.45, 2.75) is 66.5 Å². The SMILES string of the molecule is CCCCc1c(C)n(CCC(C)C)c(=O)n1Cc1ccc(-c2ccncc2-c2nn[nH]n2)cc1. The molecule has 4 rings (SSSR count). The molecule has 0 spiro atoms. The number of nitrogens with one attached hydrogen (secondary N) is 1. The highest BCUT2D eigenvalue weighted by molar-refractivity contribution is 5.79. The largest absolute Gasteiger partial charge is 0.328 e. The average Bonchev–Trinajstić information content (AvgIpc) is 3.45. The van der Waals surface area contributed by atoms with E-state index >= 15 is 0 Å². The molecule has 0 amide bonds. The molecule has 4 aromatic rings. The normalized spacial score (nSPS) is 11.4. The highest BCUT2D eigenvalue weighted by Gasteiger charge is 2.17. The van der Waals surface area contributed by atoms with Crippen LogP contribution in [0.5, 0.6) is 0 Å². The number of tetrazole rings is 1. The van der Waals surface area contributed by atoms with Crippen LogP contribution in [0, 0.1) is 12.8 Å². The summed E-state index contributed by atoms with van der Waals surface area (Å²) in [7, 11) is 0. The number of rotatable bonds is 10. The molecule has 3 heterocycles. The van der Waals surface area contributed by atoms with Crippen LogP contribution in [0.25, 0.3) is 22.5 Å². The van der Waals surface area contributed by atoms with Crippen molar-refractivity contribution in [3.8, 4) is 22.5 Å². The van der Waals surface area contributed by atoms with E-state index in [1.54, 1.807) is 12.4 Å². The fourth-order valence-corrected chi connectivity index (χ4v) is 4.30. The Balaban J connectivity index is 1.63. The first-order chi connectivity index (χ1) is 16.5. The molecular formula is C26H33N7O. The number of aromatic amines is 1. The Labute approximate surface area is 200 Å². The molecule has 1 aromatic carbocycles. The smallest absolute Gasteiger partial charge is 0.296 e. The second-order valence-corrected chi connectivity index (χ2v) is 9.19. The molecule has 1 N–H and O–H groups in total. The summed E-state index contributed by atoms with van der Waals surface area (Å²) in [6, 6.07) is 10.3. The van der Waals surface area contributed by atoms with Crippen LogP contribution in [0.1, 0.15) is 57.0 Å². The third-order valence-corrected chi connectivity index (χ3v) is 6.32. The summed E-state index contributed by atoms with van der Waals surface area (Å²) in [6.45, 7) is 10.0. The molecule has 0 aliphatic carbocycles. The van der Waals surface area contributed by atoms with Gasteiger partial charge in [0.05, 0.1) is 6.54 Å². The number of hydrogen-bond donors (Lipinski definition) is 1. The van der Waals surface area contributed by atoms with E-state index in [9.17, 15) is 4.79 Å². The van der Waals surface area contributed by atoms with E-state index in [0.717, 1.165) is 65.9 Å². The Morgan fingerprint density at radius 2 is 1.85 bits per heavy atom. The maximum atomic E-state index is 13.4. The van der Waals surface area contributed by atoms with Gasteiger partial charge in [-0.2, -0.15) is 5.21 Å². The second-order valence-electron chi connectivity index (χ2n) is 9.19. The standard InChI is InChI=1S/C26H33N7O/c1-5-6-7-24-19(4)32(15-13-18(2)3)26(34)33(24)17-20-8-10-21(11-9-20)22-12-14-27-16-23(22)25-28-30-31-29-25/h8-12,14,16,18H,5-7,13,15,17H2,1-4H3,(H,28,29,30,31). The van der Waals surface area contributed by atoms with Crippen molar-refractivity contribution < 1.29 is 0 Å². The van der Waals surface area contributed by atoms with E-state index in [-0.39, 0.29) is 5.69 Å². The van der Waals surface area contributed by atoms with Gasteiger partial charge < -0.3 is 0 Å². The predicted molar refractivity (Wildman–Crippen MR) is 133 cm³/mol. The van der Waals surface area contributed by atoms with Crippen LogP contribution in [0.15, 0.2) is 47.5 Å². The number of imidazole rings is 1. The molecule has 0 fully saturated rings. The van der Waals surface area contributed by atoms with Crippen molar-refractivity contribution in [1.29, 1.82) is 0 Å². The third kappa shape index (κ3) is 5.00. The summed E-state index contributed by atoms with van der Waals surface area (Å²) in [5, 5.41) is 14.4. The molecular weight excluding hydrogens is 426 g/mol. The van der Waals surface area contributed by atoms with E-state index in [1.807, 2.05) is 15.2 Å². The minimum atomic E-state index is 0.0989. The van der Waals surface area contributed by atoms with Crippen LogP contribution in [0.4, 0.5) is 0 Å². The zero-order valence-corrected chi connectivity index (χ0v) is 20.5. The Hall–Kier alpha value is -3.55. The van der Waals surface area contributed by atoms with Gasteiger partial charge in [0.25, 0.3) is 0 Å². The molecule has 8 heteroatoms. The van der Waals surface area contributed by atoms with Crippen LogP contribution in [0.2, 0.25) is 0 Å². The molecule has 0 aliphatic heterocycles. The summed E-state index contributed by atoms with van der Waals surface area (Å²) in [6.07, 6.45) is 7.62. The zero-order valence-electron chi connectivity index (χ0n) is 20.5. The molecule has 3 aromatic heterocycles. The van der Waals surface area contributed by atoms with Gasteiger partial charge in [0.1, 0.15) is 0 Å². The van der Waals surface area contributed by atoms with Crippen LogP contribution < -0.4 is 5.69 Å². The molecule has 0 unspecified atom stereocenters. The lowest BCUT2D eigenvalue weighted by molar-refractivity contribution is 0.498.